The molecule has 1 fully saturated rings. The number of benzene rings is 1. The van der Waals surface area contributed by atoms with Gasteiger partial charge in [-0.3, -0.25) is 4.79 Å². The van der Waals surface area contributed by atoms with Crippen molar-refractivity contribution < 1.29 is 17.9 Å². The lowest BCUT2D eigenvalue weighted by Gasteiger charge is -2.30. The number of sulfonamides is 1. The van der Waals surface area contributed by atoms with Gasteiger partial charge in [-0.2, -0.15) is 4.31 Å². The van der Waals surface area contributed by atoms with Crippen LogP contribution in [0.1, 0.15) is 6.42 Å². The first-order valence-corrected chi connectivity index (χ1v) is 10.4. The number of methoxy groups -OCH3 is 1. The minimum absolute atomic E-state index is 0.151. The molecule has 2 rings (SSSR count). The topological polar surface area (TPSA) is 79.0 Å². The van der Waals surface area contributed by atoms with E-state index in [0.717, 1.165) is 17.6 Å². The zero-order chi connectivity index (χ0) is 18.3. The van der Waals surface area contributed by atoms with Gasteiger partial charge in [0.05, 0.1) is 11.4 Å². The number of nitrogens with zero attached hydrogens (tertiary/aromatic N) is 2. The van der Waals surface area contributed by atoms with Gasteiger partial charge in [-0.05, 0) is 30.7 Å². The molecule has 0 aromatic heterocycles. The van der Waals surface area contributed by atoms with E-state index in [1.807, 2.05) is 0 Å². The molecule has 0 atom stereocenters. The predicted molar refractivity (Wildman–Crippen MR) is 98.8 cm³/mol. The standard InChI is InChI=1S/C16H24BrN3O4S/c1-24-12-2-9-20(13-16(21)19-10-7-18-8-11-19)25(22,23)15-5-3-14(17)4-6-15/h3-6,18H,2,7-13H2,1H3. The van der Waals surface area contributed by atoms with E-state index in [2.05, 4.69) is 21.2 Å². The second kappa shape index (κ2) is 9.63. The Bertz CT molecular complexity index is 660. The fraction of sp³-hybridized carbons (Fsp3) is 0.562. The summed E-state index contributed by atoms with van der Waals surface area (Å²) < 4.78 is 33.0. The number of hydrogen-bond acceptors (Lipinski definition) is 5. The third-order valence-electron chi connectivity index (χ3n) is 3.99. The van der Waals surface area contributed by atoms with Crippen LogP contribution in [0.25, 0.3) is 0 Å². The molecule has 1 heterocycles. The molecule has 1 N–H and O–H groups in total. The normalized spacial score (nSPS) is 15.6. The van der Waals surface area contributed by atoms with E-state index in [4.69, 9.17) is 4.74 Å². The number of ether oxygens (including phenoxy) is 1. The molecule has 0 radical (unpaired) electrons. The monoisotopic (exact) mass is 433 g/mol. The lowest BCUT2D eigenvalue weighted by atomic mass is 10.3. The van der Waals surface area contributed by atoms with Crippen LogP contribution in [-0.4, -0.2) is 76.5 Å². The summed E-state index contributed by atoms with van der Waals surface area (Å²) in [5.41, 5.74) is 0. The lowest BCUT2D eigenvalue weighted by molar-refractivity contribution is -0.132. The molecule has 1 amide bonds. The second-order valence-corrected chi connectivity index (χ2v) is 8.62. The minimum atomic E-state index is -3.74. The van der Waals surface area contributed by atoms with Gasteiger partial charge in [-0.25, -0.2) is 8.42 Å². The van der Waals surface area contributed by atoms with Crippen molar-refractivity contribution in [1.82, 2.24) is 14.5 Å². The van der Waals surface area contributed by atoms with E-state index >= 15 is 0 Å². The van der Waals surface area contributed by atoms with Gasteiger partial charge in [0, 0.05) is 50.9 Å². The maximum Gasteiger partial charge on any atom is 0.243 e. The van der Waals surface area contributed by atoms with Crippen molar-refractivity contribution in [1.29, 1.82) is 0 Å². The highest BCUT2D eigenvalue weighted by Gasteiger charge is 2.28. The van der Waals surface area contributed by atoms with Gasteiger partial charge < -0.3 is 15.0 Å². The van der Waals surface area contributed by atoms with Gasteiger partial charge in [0.25, 0.3) is 0 Å². The first-order chi connectivity index (χ1) is 11.9. The third-order valence-corrected chi connectivity index (χ3v) is 6.38. The molecule has 140 valence electrons. The largest absolute Gasteiger partial charge is 0.385 e. The van der Waals surface area contributed by atoms with Crippen LogP contribution in [0.3, 0.4) is 0 Å². The Morgan fingerprint density at radius 2 is 1.92 bits per heavy atom. The summed E-state index contributed by atoms with van der Waals surface area (Å²) in [7, 11) is -2.17. The summed E-state index contributed by atoms with van der Waals surface area (Å²) in [4.78, 5) is 14.4. The zero-order valence-electron chi connectivity index (χ0n) is 14.3. The average Bonchev–Trinajstić information content (AvgIpc) is 2.62. The molecule has 9 heteroatoms. The molecule has 1 saturated heterocycles. The van der Waals surface area contributed by atoms with Gasteiger partial charge >= 0.3 is 0 Å². The van der Waals surface area contributed by atoms with Gasteiger partial charge in [-0.1, -0.05) is 15.9 Å². The number of hydrogen-bond donors (Lipinski definition) is 1. The van der Waals surface area contributed by atoms with E-state index in [1.165, 1.54) is 16.4 Å². The molecule has 1 aliphatic rings. The number of nitrogens with one attached hydrogen (secondary N) is 1. The quantitative estimate of drug-likeness (QED) is 0.616. The van der Waals surface area contributed by atoms with Crippen LogP contribution in [-0.2, 0) is 19.6 Å². The number of carbonyl (C=O) groups excluding carboxylic acids is 1. The minimum Gasteiger partial charge on any atom is -0.385 e. The van der Waals surface area contributed by atoms with Crippen LogP contribution < -0.4 is 5.32 Å². The maximum atomic E-state index is 12.9. The van der Waals surface area contributed by atoms with Crippen LogP contribution in [0, 0.1) is 0 Å². The Morgan fingerprint density at radius 1 is 1.28 bits per heavy atom. The Hall–Kier alpha value is -1.00. The van der Waals surface area contributed by atoms with Crippen LogP contribution in [0.15, 0.2) is 33.6 Å². The molecule has 0 bridgehead atoms. The maximum absolute atomic E-state index is 12.9. The Balaban J connectivity index is 2.15. The van der Waals surface area contributed by atoms with Gasteiger partial charge in [-0.15, -0.1) is 0 Å². The summed E-state index contributed by atoms with van der Waals surface area (Å²) in [5, 5.41) is 3.18. The number of amides is 1. The fourth-order valence-electron chi connectivity index (χ4n) is 2.59. The molecule has 7 nitrogen and oxygen atoms in total. The molecule has 0 aliphatic carbocycles. The zero-order valence-corrected chi connectivity index (χ0v) is 16.7. The van der Waals surface area contributed by atoms with Crippen molar-refractivity contribution in [2.45, 2.75) is 11.3 Å². The highest BCUT2D eigenvalue weighted by atomic mass is 79.9. The van der Waals surface area contributed by atoms with Gasteiger partial charge in [0.1, 0.15) is 0 Å². The van der Waals surface area contributed by atoms with Crippen LogP contribution in [0.4, 0.5) is 0 Å². The molecule has 1 aromatic carbocycles. The molecule has 0 saturated carbocycles. The molecule has 1 aromatic rings. The van der Waals surface area contributed by atoms with Gasteiger partial charge in [0.15, 0.2) is 0 Å². The third kappa shape index (κ3) is 5.75. The number of halogens is 1. The van der Waals surface area contributed by atoms with E-state index in [0.29, 0.717) is 26.1 Å². The number of carbonyl (C=O) groups is 1. The van der Waals surface area contributed by atoms with E-state index in [1.54, 1.807) is 24.1 Å². The Morgan fingerprint density at radius 3 is 2.52 bits per heavy atom. The Kier molecular flexibility index (Phi) is 7.82. The summed E-state index contributed by atoms with van der Waals surface area (Å²) in [5.74, 6) is -0.167. The molecule has 0 spiro atoms. The van der Waals surface area contributed by atoms with E-state index in [9.17, 15) is 13.2 Å². The molecule has 1 aliphatic heterocycles. The van der Waals surface area contributed by atoms with Crippen LogP contribution in [0.5, 0.6) is 0 Å². The van der Waals surface area contributed by atoms with Crippen molar-refractivity contribution in [2.24, 2.45) is 0 Å². The summed E-state index contributed by atoms with van der Waals surface area (Å²) in [6, 6.07) is 6.44. The predicted octanol–water partition coefficient (Wildman–Crippen LogP) is 0.908. The Labute approximate surface area is 157 Å². The SMILES string of the molecule is COCCCN(CC(=O)N1CCNCC1)S(=O)(=O)c1ccc(Br)cc1. The van der Waals surface area contributed by atoms with Crippen molar-refractivity contribution in [3.63, 3.8) is 0 Å². The average molecular weight is 434 g/mol. The van der Waals surface area contributed by atoms with Crippen LogP contribution >= 0.6 is 15.9 Å². The smallest absolute Gasteiger partial charge is 0.243 e. The highest BCUT2D eigenvalue weighted by Crippen LogP contribution is 2.19. The summed E-state index contributed by atoms with van der Waals surface area (Å²) in [6.45, 7) is 3.19. The first kappa shape index (κ1) is 20.3. The number of piperazine rings is 1. The molecule has 0 unspecified atom stereocenters. The molecule has 25 heavy (non-hydrogen) atoms. The van der Waals surface area contributed by atoms with Crippen molar-refractivity contribution in [2.75, 3.05) is 53.0 Å². The van der Waals surface area contributed by atoms with E-state index < -0.39 is 10.0 Å². The fourth-order valence-corrected chi connectivity index (χ4v) is 4.28. The van der Waals surface area contributed by atoms with Gasteiger partial charge in [0.2, 0.25) is 15.9 Å². The first-order valence-electron chi connectivity index (χ1n) is 8.18. The van der Waals surface area contributed by atoms with E-state index in [-0.39, 0.29) is 23.9 Å². The lowest BCUT2D eigenvalue weighted by Crippen LogP contribution is -2.50. The summed E-state index contributed by atoms with van der Waals surface area (Å²) >= 11 is 3.30. The second-order valence-electron chi connectivity index (χ2n) is 5.77. The number of rotatable bonds is 8. The highest BCUT2D eigenvalue weighted by molar-refractivity contribution is 9.10. The molecular formula is C16H24BrN3O4S. The van der Waals surface area contributed by atoms with Crippen molar-refractivity contribution in [3.05, 3.63) is 28.7 Å². The van der Waals surface area contributed by atoms with Crippen molar-refractivity contribution in [3.8, 4) is 0 Å². The van der Waals surface area contributed by atoms with Crippen LogP contribution in [0.2, 0.25) is 0 Å². The summed E-state index contributed by atoms with van der Waals surface area (Å²) in [6.07, 6.45) is 0.529. The molecular weight excluding hydrogens is 410 g/mol. The van der Waals surface area contributed by atoms with Crippen molar-refractivity contribution >= 4 is 31.9 Å².